The second-order valence-electron chi connectivity index (χ2n) is 18.7. The molecule has 4 saturated carbocycles. The van der Waals surface area contributed by atoms with Gasteiger partial charge in [0.25, 0.3) is 0 Å². The van der Waals surface area contributed by atoms with E-state index in [9.17, 15) is 20.1 Å². The molecular formula is C38H56O11. The van der Waals surface area contributed by atoms with Gasteiger partial charge in [-0.15, -0.1) is 0 Å². The van der Waals surface area contributed by atoms with Crippen LogP contribution in [-0.4, -0.2) is 102 Å². The van der Waals surface area contributed by atoms with Crippen LogP contribution in [0.15, 0.2) is 11.6 Å². The minimum absolute atomic E-state index is 0.0519. The number of methoxy groups -OCH3 is 1. The second kappa shape index (κ2) is 10.1. The third-order valence-electron chi connectivity index (χ3n) is 16.3. The highest BCUT2D eigenvalue weighted by atomic mass is 16.8. The van der Waals surface area contributed by atoms with Gasteiger partial charge in [0, 0.05) is 36.7 Å². The number of aliphatic hydroxyl groups is 3. The Morgan fingerprint density at radius 2 is 1.73 bits per heavy atom. The predicted molar refractivity (Wildman–Crippen MR) is 172 cm³/mol. The molecule has 0 radical (unpaired) electrons. The predicted octanol–water partition coefficient (Wildman–Crippen LogP) is 3.60. The fourth-order valence-corrected chi connectivity index (χ4v) is 14.0. The van der Waals surface area contributed by atoms with Crippen LogP contribution >= 0.6 is 0 Å². The zero-order chi connectivity index (χ0) is 34.9. The summed E-state index contributed by atoms with van der Waals surface area (Å²) in [4.78, 5) is 12.9. The van der Waals surface area contributed by atoms with Gasteiger partial charge in [-0.1, -0.05) is 46.3 Å². The summed E-state index contributed by atoms with van der Waals surface area (Å²) in [6.07, 6.45) is 2.72. The topological polar surface area (TPSA) is 146 Å². The summed E-state index contributed by atoms with van der Waals surface area (Å²) in [7, 11) is 1.66. The summed E-state index contributed by atoms with van der Waals surface area (Å²) < 4.78 is 44.3. The van der Waals surface area contributed by atoms with Crippen molar-refractivity contribution in [3.8, 4) is 0 Å². The van der Waals surface area contributed by atoms with Crippen molar-refractivity contribution < 1.29 is 53.3 Å². The SMILES string of the molecule is CO[C@@H]1OC2(C[C@@H](C)[C@H]3[C@H](C[C@@]4(C)C5=CC[C@H]6C(C)(C)[C@@H](O[C@@H]7OC[C@@H](O)[C@H](O)[C@H]7O)CC[C@@]67C[C@@]57C[C@@H](OC(C)=O)[C@]34C)O2)C2OC21C. The lowest BCUT2D eigenvalue weighted by molar-refractivity contribution is -0.349. The van der Waals surface area contributed by atoms with Crippen molar-refractivity contribution in [2.45, 2.75) is 160 Å². The lowest BCUT2D eigenvalue weighted by Crippen LogP contribution is -2.61. The number of allylic oxidation sites excluding steroid dienone is 2. The Labute approximate surface area is 289 Å². The molecule has 8 fully saturated rings. The molecule has 0 aromatic rings. The molecule has 4 aliphatic heterocycles. The zero-order valence-corrected chi connectivity index (χ0v) is 30.3. The minimum atomic E-state index is -1.31. The molecule has 9 rings (SSSR count). The molecule has 0 aromatic carbocycles. The van der Waals surface area contributed by atoms with Crippen molar-refractivity contribution in [2.75, 3.05) is 13.7 Å². The number of esters is 1. The summed E-state index contributed by atoms with van der Waals surface area (Å²) in [5.74, 6) is -0.345. The molecule has 5 aliphatic carbocycles. The summed E-state index contributed by atoms with van der Waals surface area (Å²) in [6.45, 7) is 15.2. The third-order valence-corrected chi connectivity index (χ3v) is 16.3. The van der Waals surface area contributed by atoms with Gasteiger partial charge >= 0.3 is 5.97 Å². The van der Waals surface area contributed by atoms with E-state index in [0.29, 0.717) is 12.3 Å². The van der Waals surface area contributed by atoms with E-state index in [2.05, 4.69) is 40.7 Å². The van der Waals surface area contributed by atoms with Crippen LogP contribution in [0.25, 0.3) is 0 Å². The minimum Gasteiger partial charge on any atom is -0.462 e. The standard InChI is InChI=1S/C38H56O11/c1-18-13-38(30-35(7,48-30)31(43-8)49-38)47-21-14-33(5)23-10-9-22-32(3,4)24(46-29-28(42)27(41)20(40)16-44-29)11-12-36(22)17-37(23,36)15-25(45-19(2)39)34(33,6)26(18)21/h10,18,20-22,24-31,40-42H,9,11-17H2,1-8H3/t18-,20-,21+,22+,24+,25-,26+,27+,28-,29+,30?,31-,33+,34-,35?,36-,37+,38?/m1/s1. The molecule has 9 aliphatic rings. The van der Waals surface area contributed by atoms with Gasteiger partial charge in [-0.05, 0) is 74.0 Å². The molecule has 11 heteroatoms. The quantitative estimate of drug-likeness (QED) is 0.226. The Hall–Kier alpha value is -1.15. The van der Waals surface area contributed by atoms with Gasteiger partial charge in [0.05, 0.1) is 18.8 Å². The first-order valence-electron chi connectivity index (χ1n) is 18.7. The zero-order valence-electron chi connectivity index (χ0n) is 30.3. The van der Waals surface area contributed by atoms with Crippen molar-refractivity contribution in [1.29, 1.82) is 0 Å². The lowest BCUT2D eigenvalue weighted by atomic mass is 9.44. The number of carbonyl (C=O) groups excluding carboxylic acids is 1. The Morgan fingerprint density at radius 3 is 2.43 bits per heavy atom. The van der Waals surface area contributed by atoms with E-state index in [4.69, 9.17) is 33.2 Å². The van der Waals surface area contributed by atoms with Gasteiger partial charge in [0.15, 0.2) is 12.6 Å². The molecule has 0 amide bonds. The average molecular weight is 689 g/mol. The van der Waals surface area contributed by atoms with Gasteiger partial charge < -0.3 is 48.5 Å². The van der Waals surface area contributed by atoms with Crippen molar-refractivity contribution in [1.82, 2.24) is 0 Å². The molecule has 18 atom stereocenters. The molecule has 0 bridgehead atoms. The molecule has 0 aromatic heterocycles. The van der Waals surface area contributed by atoms with E-state index in [1.54, 1.807) is 14.0 Å². The van der Waals surface area contributed by atoms with E-state index in [1.807, 2.05) is 6.92 Å². The van der Waals surface area contributed by atoms with Crippen LogP contribution in [0.5, 0.6) is 0 Å². The first-order valence-corrected chi connectivity index (χ1v) is 18.7. The van der Waals surface area contributed by atoms with Gasteiger partial charge in [0.1, 0.15) is 36.1 Å². The molecule has 3 N–H and O–H groups in total. The molecule has 3 unspecified atom stereocenters. The summed E-state index contributed by atoms with van der Waals surface area (Å²) in [5.41, 5.74) is 0.173. The largest absolute Gasteiger partial charge is 0.462 e. The van der Waals surface area contributed by atoms with Crippen LogP contribution in [0.1, 0.15) is 93.4 Å². The molecule has 11 nitrogen and oxygen atoms in total. The smallest absolute Gasteiger partial charge is 0.302 e. The molecule has 274 valence electrons. The Morgan fingerprint density at radius 1 is 0.980 bits per heavy atom. The van der Waals surface area contributed by atoms with Crippen LogP contribution < -0.4 is 0 Å². The van der Waals surface area contributed by atoms with Crippen LogP contribution in [0.4, 0.5) is 0 Å². The number of fused-ring (bicyclic) bond motifs is 6. The molecule has 4 heterocycles. The number of carbonyl (C=O) groups is 1. The number of rotatable bonds is 4. The van der Waals surface area contributed by atoms with Crippen LogP contribution in [0.3, 0.4) is 0 Å². The van der Waals surface area contributed by atoms with Crippen LogP contribution in [0.2, 0.25) is 0 Å². The van der Waals surface area contributed by atoms with Crippen molar-refractivity contribution in [2.24, 2.45) is 44.8 Å². The highest BCUT2D eigenvalue weighted by Crippen LogP contribution is 2.88. The van der Waals surface area contributed by atoms with E-state index < -0.39 is 42.3 Å². The monoisotopic (exact) mass is 688 g/mol. The maximum absolute atomic E-state index is 12.9. The number of hydrogen-bond acceptors (Lipinski definition) is 11. The number of aliphatic hydroxyl groups excluding tert-OH is 3. The molecular weight excluding hydrogens is 632 g/mol. The van der Waals surface area contributed by atoms with Gasteiger partial charge in [0.2, 0.25) is 5.79 Å². The fourth-order valence-electron chi connectivity index (χ4n) is 14.0. The number of epoxide rings is 1. The van der Waals surface area contributed by atoms with Crippen molar-refractivity contribution in [3.05, 3.63) is 11.6 Å². The Kier molecular flexibility index (Phi) is 6.93. The first kappa shape index (κ1) is 33.7. The molecule has 3 spiro atoms. The Balaban J connectivity index is 1.05. The summed E-state index contributed by atoms with van der Waals surface area (Å²) in [5, 5.41) is 31.0. The normalized spacial score (nSPS) is 60.6. The van der Waals surface area contributed by atoms with Crippen molar-refractivity contribution in [3.63, 3.8) is 0 Å². The Bertz CT molecular complexity index is 1470. The summed E-state index contributed by atoms with van der Waals surface area (Å²) >= 11 is 0. The first-order chi connectivity index (χ1) is 22.9. The van der Waals surface area contributed by atoms with Crippen molar-refractivity contribution >= 4 is 5.97 Å². The number of hydrogen-bond donors (Lipinski definition) is 3. The van der Waals surface area contributed by atoms with E-state index in [1.165, 1.54) is 5.57 Å². The maximum atomic E-state index is 12.9. The molecule has 4 saturated heterocycles. The maximum Gasteiger partial charge on any atom is 0.302 e. The van der Waals surface area contributed by atoms with Gasteiger partial charge in [-0.3, -0.25) is 4.79 Å². The van der Waals surface area contributed by atoms with E-state index >= 15 is 0 Å². The van der Waals surface area contributed by atoms with Crippen LogP contribution in [-0.2, 0) is 38.0 Å². The highest BCUT2D eigenvalue weighted by molar-refractivity contribution is 5.66. The van der Waals surface area contributed by atoms with Gasteiger partial charge in [-0.25, -0.2) is 0 Å². The fraction of sp³-hybridized carbons (Fsp3) is 0.921. The average Bonchev–Trinajstić information content (AvgIpc) is 3.86. The second-order valence-corrected chi connectivity index (χ2v) is 18.7. The molecule has 49 heavy (non-hydrogen) atoms. The highest BCUT2D eigenvalue weighted by Gasteiger charge is 2.85. The van der Waals surface area contributed by atoms with Gasteiger partial charge in [-0.2, -0.15) is 0 Å². The van der Waals surface area contributed by atoms with E-state index in [-0.39, 0.29) is 75.9 Å². The van der Waals surface area contributed by atoms with E-state index in [0.717, 1.165) is 38.5 Å². The lowest BCUT2D eigenvalue weighted by Gasteiger charge is -2.62. The van der Waals surface area contributed by atoms with Crippen LogP contribution in [0, 0.1) is 44.8 Å². The summed E-state index contributed by atoms with van der Waals surface area (Å²) in [6, 6.07) is 0. The third kappa shape index (κ3) is 3.93. The number of ether oxygens (including phenoxy) is 7.